The van der Waals surface area contributed by atoms with Crippen molar-refractivity contribution in [1.82, 2.24) is 10.2 Å². The zero-order chi connectivity index (χ0) is 30.0. The van der Waals surface area contributed by atoms with Crippen LogP contribution in [0.3, 0.4) is 0 Å². The lowest BCUT2D eigenvalue weighted by atomic mass is 9.82. The number of nitrogens with zero attached hydrogens (tertiary/aromatic N) is 4. The molecule has 2 saturated heterocycles. The van der Waals surface area contributed by atoms with Crippen molar-refractivity contribution < 1.29 is 29.5 Å². The molecule has 3 N–H and O–H groups in total. The lowest BCUT2D eigenvalue weighted by Crippen LogP contribution is -2.48. The van der Waals surface area contributed by atoms with Gasteiger partial charge in [0.2, 0.25) is 11.8 Å². The molecule has 42 heavy (non-hydrogen) atoms. The van der Waals surface area contributed by atoms with Crippen molar-refractivity contribution in [3.63, 3.8) is 0 Å². The summed E-state index contributed by atoms with van der Waals surface area (Å²) in [5.41, 5.74) is -0.453. The summed E-state index contributed by atoms with van der Waals surface area (Å²) in [7, 11) is 0. The number of rotatable bonds is 9. The average Bonchev–Trinajstić information content (AvgIpc) is 3.55. The highest BCUT2D eigenvalue weighted by molar-refractivity contribution is 6.07. The molecule has 5 rings (SSSR count). The van der Waals surface area contributed by atoms with Crippen molar-refractivity contribution in [1.29, 1.82) is 0 Å². The number of nitro benzene ring substituents is 1. The predicted molar refractivity (Wildman–Crippen MR) is 155 cm³/mol. The van der Waals surface area contributed by atoms with E-state index < -0.39 is 22.3 Å². The van der Waals surface area contributed by atoms with E-state index in [0.717, 1.165) is 18.4 Å². The van der Waals surface area contributed by atoms with E-state index in [4.69, 9.17) is 0 Å². The van der Waals surface area contributed by atoms with Crippen molar-refractivity contribution in [2.24, 2.45) is 5.92 Å². The molecule has 0 saturated carbocycles. The van der Waals surface area contributed by atoms with Gasteiger partial charge in [-0.15, -0.1) is 0 Å². The third-order valence-corrected chi connectivity index (χ3v) is 8.40. The van der Waals surface area contributed by atoms with E-state index in [9.17, 15) is 34.7 Å². The molecule has 2 fully saturated rings. The van der Waals surface area contributed by atoms with E-state index in [1.807, 2.05) is 18.2 Å². The molecule has 12 nitrogen and oxygen atoms in total. The molecule has 3 aliphatic heterocycles. The Morgan fingerprint density at radius 2 is 2.05 bits per heavy atom. The molecule has 0 radical (unpaired) electrons. The average molecular weight is 578 g/mol. The summed E-state index contributed by atoms with van der Waals surface area (Å²) in [5.74, 6) is -1.66. The van der Waals surface area contributed by atoms with Crippen molar-refractivity contribution in [3.8, 4) is 0 Å². The molecule has 3 atom stereocenters. The standard InChI is InChI=1S/C30H35N5O7/c1-20(5-2-9-27(37)32-13-4-8-24(32)19-36)30(40)25-16-23(35(41)42)10-11-26(25)34(29(30)39)18-21-6-3-7-22(15-21)33-14-12-31-17-28(33)38/h2-3,5-7,10-11,15-16,20,24,31,36,40H,4,8-9,12-14,17-19H2,1H3/b5-2+/t20-,24+,30+/m1/s1. The van der Waals surface area contributed by atoms with Gasteiger partial charge in [0.15, 0.2) is 5.60 Å². The number of hydrogen-bond acceptors (Lipinski definition) is 8. The van der Waals surface area contributed by atoms with E-state index in [2.05, 4.69) is 5.32 Å². The van der Waals surface area contributed by atoms with Gasteiger partial charge in [-0.3, -0.25) is 24.5 Å². The van der Waals surface area contributed by atoms with Gasteiger partial charge in [0.05, 0.1) is 36.3 Å². The Morgan fingerprint density at radius 1 is 1.24 bits per heavy atom. The largest absolute Gasteiger partial charge is 0.394 e. The molecule has 0 aliphatic carbocycles. The second-order valence-corrected chi connectivity index (χ2v) is 11.0. The number of carbonyl (C=O) groups excluding carboxylic acids is 3. The first-order valence-electron chi connectivity index (χ1n) is 14.2. The number of anilines is 2. The summed E-state index contributed by atoms with van der Waals surface area (Å²) in [5, 5.41) is 36.1. The molecule has 0 unspecified atom stereocenters. The normalized spacial score (nSPS) is 23.1. The molecule has 0 bridgehead atoms. The molecule has 0 spiro atoms. The third kappa shape index (κ3) is 5.40. The zero-order valence-electron chi connectivity index (χ0n) is 23.4. The van der Waals surface area contributed by atoms with Crippen LogP contribution in [-0.2, 0) is 26.5 Å². The molecule has 3 amide bonds. The van der Waals surface area contributed by atoms with E-state index in [0.29, 0.717) is 31.0 Å². The van der Waals surface area contributed by atoms with Gasteiger partial charge in [0.1, 0.15) is 0 Å². The Balaban J connectivity index is 1.41. The van der Waals surface area contributed by atoms with Gasteiger partial charge in [0, 0.05) is 55.4 Å². The highest BCUT2D eigenvalue weighted by Crippen LogP contribution is 2.47. The molecule has 3 heterocycles. The van der Waals surface area contributed by atoms with Gasteiger partial charge in [-0.1, -0.05) is 31.2 Å². The summed E-state index contributed by atoms with van der Waals surface area (Å²) in [6.07, 6.45) is 4.79. The number of hydrogen-bond donors (Lipinski definition) is 3. The van der Waals surface area contributed by atoms with Crippen LogP contribution in [-0.4, -0.2) is 76.6 Å². The van der Waals surface area contributed by atoms with Gasteiger partial charge in [-0.05, 0) is 36.6 Å². The fourth-order valence-electron chi connectivity index (χ4n) is 6.07. The Morgan fingerprint density at radius 3 is 2.79 bits per heavy atom. The Labute approximate surface area is 243 Å². The molecule has 0 aromatic heterocycles. The molecule has 222 valence electrons. The second kappa shape index (κ2) is 12.0. The number of nitrogens with one attached hydrogen (secondary N) is 1. The number of amides is 3. The van der Waals surface area contributed by atoms with Crippen LogP contribution in [0.2, 0.25) is 0 Å². The third-order valence-electron chi connectivity index (χ3n) is 8.40. The summed E-state index contributed by atoms with van der Waals surface area (Å²) in [6, 6.07) is 11.1. The van der Waals surface area contributed by atoms with Crippen LogP contribution >= 0.6 is 0 Å². The van der Waals surface area contributed by atoms with Crippen LogP contribution in [0, 0.1) is 16.0 Å². The van der Waals surface area contributed by atoms with Crippen molar-refractivity contribution in [3.05, 3.63) is 75.9 Å². The van der Waals surface area contributed by atoms with E-state index in [1.165, 1.54) is 23.1 Å². The van der Waals surface area contributed by atoms with Crippen LogP contribution in [0.1, 0.15) is 37.3 Å². The molecule has 3 aliphatic rings. The van der Waals surface area contributed by atoms with Gasteiger partial charge in [0.25, 0.3) is 11.6 Å². The SMILES string of the molecule is C[C@H](/C=C/CC(=O)N1CCC[C@H]1CO)[C@@]1(O)C(=O)N(Cc2cccc(N3CCNCC3=O)c2)c2ccc([N+](=O)[O-])cc21. The van der Waals surface area contributed by atoms with Gasteiger partial charge >= 0.3 is 0 Å². The lowest BCUT2D eigenvalue weighted by Gasteiger charge is -2.29. The Bertz CT molecular complexity index is 1430. The lowest BCUT2D eigenvalue weighted by molar-refractivity contribution is -0.385. The maximum absolute atomic E-state index is 13.9. The minimum absolute atomic E-state index is 0.0359. The van der Waals surface area contributed by atoms with E-state index >= 15 is 0 Å². The number of non-ortho nitro benzene ring substituents is 1. The van der Waals surface area contributed by atoms with Crippen molar-refractivity contribution in [2.45, 2.75) is 44.4 Å². The summed E-state index contributed by atoms with van der Waals surface area (Å²) in [6.45, 7) is 3.61. The number of fused-ring (bicyclic) bond motifs is 1. The minimum atomic E-state index is -2.10. The highest BCUT2D eigenvalue weighted by Gasteiger charge is 2.53. The molecular weight excluding hydrogens is 542 g/mol. The Kier molecular flexibility index (Phi) is 8.39. The monoisotopic (exact) mass is 577 g/mol. The molecule has 12 heteroatoms. The van der Waals surface area contributed by atoms with Gasteiger partial charge < -0.3 is 30.2 Å². The number of likely N-dealkylation sites (tertiary alicyclic amines) is 1. The molecule has 2 aromatic rings. The first-order chi connectivity index (χ1) is 20.1. The predicted octanol–water partition coefficient (Wildman–Crippen LogP) is 1.83. The van der Waals surface area contributed by atoms with Crippen LogP contribution in [0.25, 0.3) is 0 Å². The first-order valence-corrected chi connectivity index (χ1v) is 14.2. The second-order valence-electron chi connectivity index (χ2n) is 11.0. The molecular formula is C30H35N5O7. The van der Waals surface area contributed by atoms with E-state index in [1.54, 1.807) is 34.9 Å². The zero-order valence-corrected chi connectivity index (χ0v) is 23.4. The Hall–Kier alpha value is -4.13. The highest BCUT2D eigenvalue weighted by atomic mass is 16.6. The quantitative estimate of drug-likeness (QED) is 0.232. The fourth-order valence-corrected chi connectivity index (χ4v) is 6.07. The van der Waals surface area contributed by atoms with Crippen LogP contribution < -0.4 is 15.1 Å². The summed E-state index contributed by atoms with van der Waals surface area (Å²) in [4.78, 5) is 54.8. The van der Waals surface area contributed by atoms with Crippen LogP contribution in [0.5, 0.6) is 0 Å². The number of piperazine rings is 1. The number of nitro groups is 1. The van der Waals surface area contributed by atoms with Gasteiger partial charge in [-0.25, -0.2) is 0 Å². The van der Waals surface area contributed by atoms with E-state index in [-0.39, 0.29) is 55.2 Å². The smallest absolute Gasteiger partial charge is 0.269 e. The fraction of sp³-hybridized carbons (Fsp3) is 0.433. The summed E-state index contributed by atoms with van der Waals surface area (Å²) < 4.78 is 0. The van der Waals surface area contributed by atoms with Crippen molar-refractivity contribution >= 4 is 34.8 Å². The maximum atomic E-state index is 13.9. The van der Waals surface area contributed by atoms with Crippen LogP contribution in [0.4, 0.5) is 17.1 Å². The van der Waals surface area contributed by atoms with Crippen molar-refractivity contribution in [2.75, 3.05) is 42.6 Å². The molecule has 2 aromatic carbocycles. The number of benzene rings is 2. The number of aliphatic hydroxyl groups excluding tert-OH is 1. The minimum Gasteiger partial charge on any atom is -0.394 e. The topological polar surface area (TPSA) is 157 Å². The van der Waals surface area contributed by atoms with Crippen LogP contribution in [0.15, 0.2) is 54.6 Å². The first kappa shape index (κ1) is 29.4. The van der Waals surface area contributed by atoms with Gasteiger partial charge in [-0.2, -0.15) is 0 Å². The number of carbonyl (C=O) groups is 3. The number of aliphatic hydroxyl groups is 2. The summed E-state index contributed by atoms with van der Waals surface area (Å²) >= 11 is 0. The maximum Gasteiger partial charge on any atom is 0.269 e.